The van der Waals surface area contributed by atoms with Crippen molar-refractivity contribution in [3.8, 4) is 0 Å². The molecule has 0 fully saturated rings. The standard InChI is InChI=1S/C14H10BrF2NO2/c1-14(2)11(15)5-10(20-14)12-6-3-7(16)8(17)4-9(6)18-13(12)19/h3-5H,1-2H3,(H,18,19). The van der Waals surface area contributed by atoms with Crippen LogP contribution in [0.15, 0.2) is 28.5 Å². The Morgan fingerprint density at radius 2 is 1.90 bits per heavy atom. The van der Waals surface area contributed by atoms with Crippen LogP contribution in [-0.2, 0) is 9.53 Å². The number of allylic oxidation sites excluding steroid dienone is 1. The number of carbonyl (C=O) groups is 1. The van der Waals surface area contributed by atoms with Gasteiger partial charge in [0.15, 0.2) is 11.6 Å². The largest absolute Gasteiger partial charge is 0.482 e. The first kappa shape index (κ1) is 13.3. The van der Waals surface area contributed by atoms with Gasteiger partial charge >= 0.3 is 0 Å². The highest BCUT2D eigenvalue weighted by Crippen LogP contribution is 2.43. The number of carbonyl (C=O) groups excluding carboxylic acids is 1. The van der Waals surface area contributed by atoms with Gasteiger partial charge in [0.25, 0.3) is 5.91 Å². The second kappa shape index (κ2) is 4.15. The number of halogens is 3. The van der Waals surface area contributed by atoms with Gasteiger partial charge in [-0.1, -0.05) is 15.9 Å². The molecule has 1 aromatic carbocycles. The van der Waals surface area contributed by atoms with Crippen molar-refractivity contribution < 1.29 is 18.3 Å². The minimum Gasteiger partial charge on any atom is -0.482 e. The van der Waals surface area contributed by atoms with E-state index in [4.69, 9.17) is 4.74 Å². The minimum absolute atomic E-state index is 0.210. The van der Waals surface area contributed by atoms with Crippen LogP contribution < -0.4 is 5.32 Å². The second-order valence-corrected chi connectivity index (χ2v) is 5.96. The summed E-state index contributed by atoms with van der Waals surface area (Å²) in [5, 5.41) is 2.51. The fourth-order valence-corrected chi connectivity index (χ4v) is 2.46. The van der Waals surface area contributed by atoms with Gasteiger partial charge in [-0.05, 0) is 26.0 Å². The number of rotatable bonds is 0. The maximum atomic E-state index is 13.4. The lowest BCUT2D eigenvalue weighted by atomic mass is 10.1. The average Bonchev–Trinajstić information content (AvgIpc) is 2.77. The van der Waals surface area contributed by atoms with Crippen LogP contribution in [0.5, 0.6) is 0 Å². The van der Waals surface area contributed by atoms with Gasteiger partial charge in [0.2, 0.25) is 0 Å². The van der Waals surface area contributed by atoms with Gasteiger partial charge in [-0.2, -0.15) is 0 Å². The van der Waals surface area contributed by atoms with Crippen molar-refractivity contribution in [1.82, 2.24) is 0 Å². The van der Waals surface area contributed by atoms with Crippen molar-refractivity contribution in [1.29, 1.82) is 0 Å². The molecular weight excluding hydrogens is 332 g/mol. The van der Waals surface area contributed by atoms with Crippen LogP contribution in [0, 0.1) is 11.6 Å². The fourth-order valence-electron chi connectivity index (χ4n) is 2.17. The maximum absolute atomic E-state index is 13.4. The zero-order valence-electron chi connectivity index (χ0n) is 10.7. The quantitative estimate of drug-likeness (QED) is 0.730. The van der Waals surface area contributed by atoms with Gasteiger partial charge in [-0.15, -0.1) is 0 Å². The summed E-state index contributed by atoms with van der Waals surface area (Å²) >= 11 is 3.37. The third kappa shape index (κ3) is 1.86. The minimum atomic E-state index is -1.00. The summed E-state index contributed by atoms with van der Waals surface area (Å²) < 4.78 is 33.1. The second-order valence-electron chi connectivity index (χ2n) is 5.11. The monoisotopic (exact) mass is 341 g/mol. The first-order valence-electron chi connectivity index (χ1n) is 5.91. The number of nitrogens with one attached hydrogen (secondary N) is 1. The molecule has 2 aliphatic heterocycles. The molecule has 1 N–H and O–H groups in total. The molecule has 0 spiro atoms. The lowest BCUT2D eigenvalue weighted by Crippen LogP contribution is -2.19. The van der Waals surface area contributed by atoms with Crippen LogP contribution in [-0.4, -0.2) is 11.5 Å². The van der Waals surface area contributed by atoms with Crippen LogP contribution in [0.3, 0.4) is 0 Å². The molecule has 0 aliphatic carbocycles. The van der Waals surface area contributed by atoms with E-state index in [1.54, 1.807) is 6.08 Å². The number of amides is 1. The highest BCUT2D eigenvalue weighted by Gasteiger charge is 2.36. The van der Waals surface area contributed by atoms with E-state index in [2.05, 4.69) is 21.2 Å². The summed E-state index contributed by atoms with van der Waals surface area (Å²) in [7, 11) is 0. The van der Waals surface area contributed by atoms with Gasteiger partial charge in [-0.3, -0.25) is 4.79 Å². The molecule has 0 saturated carbocycles. The summed E-state index contributed by atoms with van der Waals surface area (Å²) in [6, 6.07) is 1.97. The molecule has 3 rings (SSSR count). The summed E-state index contributed by atoms with van der Waals surface area (Å²) in [5.41, 5.74) is 0.165. The number of hydrogen-bond acceptors (Lipinski definition) is 2. The molecule has 0 saturated heterocycles. The highest BCUT2D eigenvalue weighted by molar-refractivity contribution is 9.11. The Morgan fingerprint density at radius 1 is 1.25 bits per heavy atom. The molecule has 0 atom stereocenters. The Balaban J connectivity index is 2.20. The van der Waals surface area contributed by atoms with Crippen molar-refractivity contribution in [2.75, 3.05) is 5.32 Å². The van der Waals surface area contributed by atoms with E-state index >= 15 is 0 Å². The molecule has 6 heteroatoms. The van der Waals surface area contributed by atoms with Crippen LogP contribution in [0.1, 0.15) is 19.4 Å². The predicted octanol–water partition coefficient (Wildman–Crippen LogP) is 3.72. The van der Waals surface area contributed by atoms with Crippen LogP contribution >= 0.6 is 15.9 Å². The Hall–Kier alpha value is -1.69. The van der Waals surface area contributed by atoms with Crippen molar-refractivity contribution in [3.63, 3.8) is 0 Å². The topological polar surface area (TPSA) is 38.3 Å². The maximum Gasteiger partial charge on any atom is 0.260 e. The number of ether oxygens (including phenoxy) is 1. The summed E-state index contributed by atoms with van der Waals surface area (Å²) in [6.07, 6.45) is 1.67. The summed E-state index contributed by atoms with van der Waals surface area (Å²) in [5.74, 6) is -2.10. The number of hydrogen-bond donors (Lipinski definition) is 1. The van der Waals surface area contributed by atoms with E-state index in [1.165, 1.54) is 0 Å². The zero-order valence-corrected chi connectivity index (χ0v) is 12.3. The Morgan fingerprint density at radius 3 is 2.50 bits per heavy atom. The SMILES string of the molecule is CC1(C)OC(=C2C(=O)Nc3cc(F)c(F)cc32)C=C1Br. The van der Waals surface area contributed by atoms with E-state index in [9.17, 15) is 13.6 Å². The third-order valence-electron chi connectivity index (χ3n) is 3.25. The molecule has 2 aliphatic rings. The van der Waals surface area contributed by atoms with Gasteiger partial charge in [0.05, 0.1) is 11.3 Å². The van der Waals surface area contributed by atoms with Crippen molar-refractivity contribution in [2.24, 2.45) is 0 Å². The van der Waals surface area contributed by atoms with Gasteiger partial charge < -0.3 is 10.1 Å². The summed E-state index contributed by atoms with van der Waals surface area (Å²) in [4.78, 5) is 12.0. The van der Waals surface area contributed by atoms with E-state index in [-0.39, 0.29) is 11.3 Å². The highest BCUT2D eigenvalue weighted by atomic mass is 79.9. The normalized spacial score (nSPS) is 23.2. The van der Waals surface area contributed by atoms with Gasteiger partial charge in [0.1, 0.15) is 11.4 Å². The molecule has 0 bridgehead atoms. The molecule has 0 aromatic heterocycles. The Labute approximate surface area is 122 Å². The fraction of sp³-hybridized carbons (Fsp3) is 0.214. The number of benzene rings is 1. The van der Waals surface area contributed by atoms with Crippen LogP contribution in [0.25, 0.3) is 5.57 Å². The first-order valence-corrected chi connectivity index (χ1v) is 6.70. The lowest BCUT2D eigenvalue weighted by molar-refractivity contribution is -0.111. The molecule has 1 amide bonds. The van der Waals surface area contributed by atoms with Gasteiger partial charge in [0, 0.05) is 16.1 Å². The molecule has 0 radical (unpaired) electrons. The predicted molar refractivity (Wildman–Crippen MR) is 74.1 cm³/mol. The van der Waals surface area contributed by atoms with Crippen molar-refractivity contribution in [2.45, 2.75) is 19.4 Å². The van der Waals surface area contributed by atoms with E-state index in [0.29, 0.717) is 11.3 Å². The lowest BCUT2D eigenvalue weighted by Gasteiger charge is -2.19. The zero-order chi connectivity index (χ0) is 14.7. The average molecular weight is 342 g/mol. The number of anilines is 1. The van der Waals surface area contributed by atoms with Crippen molar-refractivity contribution >= 4 is 33.1 Å². The summed E-state index contributed by atoms with van der Waals surface area (Å²) in [6.45, 7) is 3.67. The van der Waals surface area contributed by atoms with E-state index in [1.807, 2.05) is 13.8 Å². The molecule has 2 heterocycles. The molecule has 1 aromatic rings. The number of fused-ring (bicyclic) bond motifs is 1. The Bertz CT molecular complexity index is 707. The molecule has 104 valence electrons. The third-order valence-corrected chi connectivity index (χ3v) is 4.43. The molecular formula is C14H10BrF2NO2. The van der Waals surface area contributed by atoms with E-state index < -0.39 is 23.1 Å². The van der Waals surface area contributed by atoms with Gasteiger partial charge in [-0.25, -0.2) is 8.78 Å². The molecule has 0 unspecified atom stereocenters. The smallest absolute Gasteiger partial charge is 0.260 e. The van der Waals surface area contributed by atoms with Crippen LogP contribution in [0.2, 0.25) is 0 Å². The first-order chi connectivity index (χ1) is 9.29. The van der Waals surface area contributed by atoms with Crippen molar-refractivity contribution in [3.05, 3.63) is 45.6 Å². The molecule has 3 nitrogen and oxygen atoms in total. The van der Waals surface area contributed by atoms with Crippen LogP contribution in [0.4, 0.5) is 14.5 Å². The molecule has 20 heavy (non-hydrogen) atoms. The van der Waals surface area contributed by atoms with E-state index in [0.717, 1.165) is 16.6 Å². The Kier molecular flexibility index (Phi) is 2.76.